The Bertz CT molecular complexity index is 1250. The molecule has 35 heavy (non-hydrogen) atoms. The molecule has 0 saturated carbocycles. The Kier molecular flexibility index (Phi) is 8.84. The van der Waals surface area contributed by atoms with Crippen molar-refractivity contribution in [2.45, 2.75) is 42.5 Å². The lowest BCUT2D eigenvalue weighted by atomic mass is 10.1. The number of sulfonamides is 1. The molecule has 11 heteroatoms. The summed E-state index contributed by atoms with van der Waals surface area (Å²) in [5, 5.41) is 20.4. The van der Waals surface area contributed by atoms with E-state index >= 15 is 0 Å². The van der Waals surface area contributed by atoms with Crippen LogP contribution in [0, 0.1) is 13.8 Å². The van der Waals surface area contributed by atoms with Gasteiger partial charge < -0.3 is 14.9 Å². The Morgan fingerprint density at radius 2 is 1.57 bits per heavy atom. The first-order chi connectivity index (χ1) is 16.6. The number of hydrogen-bond donors (Lipinski definition) is 3. The molecule has 2 aromatic carbocycles. The molecule has 3 rings (SSSR count). The number of nitrogens with one attached hydrogen (secondary N) is 1. The van der Waals surface area contributed by atoms with Gasteiger partial charge in [0, 0.05) is 23.6 Å². The summed E-state index contributed by atoms with van der Waals surface area (Å²) in [5.74, 6) is -0.556. The lowest BCUT2D eigenvalue weighted by Crippen LogP contribution is -2.43. The maximum absolute atomic E-state index is 12.8. The van der Waals surface area contributed by atoms with E-state index in [1.54, 1.807) is 31.4 Å². The second kappa shape index (κ2) is 11.6. The van der Waals surface area contributed by atoms with Crippen molar-refractivity contribution in [3.8, 4) is 16.9 Å². The van der Waals surface area contributed by atoms with E-state index in [9.17, 15) is 23.4 Å². The number of hydrogen-bond acceptors (Lipinski definition) is 8. The van der Waals surface area contributed by atoms with Gasteiger partial charge in [-0.25, -0.2) is 18.4 Å². The van der Waals surface area contributed by atoms with E-state index in [-0.39, 0.29) is 17.1 Å². The number of carboxylic acids is 1. The van der Waals surface area contributed by atoms with E-state index < -0.39 is 28.1 Å². The second-order valence-electron chi connectivity index (χ2n) is 7.90. The van der Waals surface area contributed by atoms with Crippen molar-refractivity contribution in [2.24, 2.45) is 0 Å². The molecule has 0 fully saturated rings. The third-order valence-electron chi connectivity index (χ3n) is 5.06. The van der Waals surface area contributed by atoms with Crippen LogP contribution in [0.5, 0.6) is 5.75 Å². The van der Waals surface area contributed by atoms with E-state index in [0.717, 1.165) is 22.5 Å². The zero-order valence-electron chi connectivity index (χ0n) is 19.5. The lowest BCUT2D eigenvalue weighted by Gasteiger charge is -2.18. The highest BCUT2D eigenvalue weighted by Crippen LogP contribution is 2.24. The zero-order valence-corrected chi connectivity index (χ0v) is 21.1. The smallest absolute Gasteiger partial charge is 0.321 e. The quantitative estimate of drug-likeness (QED) is 0.259. The Hall–Kier alpha value is -2.99. The van der Waals surface area contributed by atoms with Crippen molar-refractivity contribution in [3.05, 3.63) is 66.0 Å². The molecular weight excluding hydrogens is 490 g/mol. The minimum Gasteiger partial charge on any atom is -0.497 e. The van der Waals surface area contributed by atoms with Crippen LogP contribution in [0.2, 0.25) is 0 Å². The largest absolute Gasteiger partial charge is 0.497 e. The summed E-state index contributed by atoms with van der Waals surface area (Å²) in [7, 11) is -2.56. The fourth-order valence-electron chi connectivity index (χ4n) is 3.33. The summed E-state index contributed by atoms with van der Waals surface area (Å²) in [5.41, 5.74) is 3.23. The van der Waals surface area contributed by atoms with Gasteiger partial charge in [0.25, 0.3) is 0 Å². The average molecular weight is 518 g/mol. The summed E-state index contributed by atoms with van der Waals surface area (Å²) >= 11 is 1.18. The van der Waals surface area contributed by atoms with Gasteiger partial charge in [-0.05, 0) is 55.3 Å². The molecule has 0 aliphatic carbocycles. The summed E-state index contributed by atoms with van der Waals surface area (Å²) in [6, 6.07) is 13.7. The number of aliphatic hydroxyl groups excluding tert-OH is 1. The molecule has 3 N–H and O–H groups in total. The molecule has 0 aliphatic rings. The maximum Gasteiger partial charge on any atom is 0.321 e. The number of carboxylic acid groups (broad SMARTS) is 1. The summed E-state index contributed by atoms with van der Waals surface area (Å²) in [4.78, 5) is 20.2. The topological polar surface area (TPSA) is 139 Å². The molecule has 1 aromatic heterocycles. The summed E-state index contributed by atoms with van der Waals surface area (Å²) < 4.78 is 33.0. The normalized spacial score (nSPS) is 13.3. The van der Waals surface area contributed by atoms with E-state index in [2.05, 4.69) is 14.7 Å². The van der Waals surface area contributed by atoms with Gasteiger partial charge in [0.2, 0.25) is 10.0 Å². The molecule has 1 heterocycles. The fraction of sp³-hybridized carbons (Fsp3) is 0.292. The van der Waals surface area contributed by atoms with Gasteiger partial charge in [0.15, 0.2) is 5.16 Å². The molecule has 186 valence electrons. The highest BCUT2D eigenvalue weighted by Gasteiger charge is 2.28. The first-order valence-corrected chi connectivity index (χ1v) is 13.2. The van der Waals surface area contributed by atoms with Crippen molar-refractivity contribution in [1.82, 2.24) is 14.7 Å². The number of rotatable bonds is 11. The Labute approximate surface area is 208 Å². The van der Waals surface area contributed by atoms with Crippen LogP contribution in [0.1, 0.15) is 17.8 Å². The third-order valence-corrected chi connectivity index (χ3v) is 7.54. The number of aliphatic carboxylic acids is 1. The first kappa shape index (κ1) is 26.6. The highest BCUT2D eigenvalue weighted by molar-refractivity contribution is 7.99. The van der Waals surface area contributed by atoms with Crippen LogP contribution in [0.25, 0.3) is 11.1 Å². The lowest BCUT2D eigenvalue weighted by molar-refractivity contribution is -0.139. The summed E-state index contributed by atoms with van der Waals surface area (Å²) in [6.45, 7) is 3.65. The SMILES string of the molecule is COc1ccc(-c2ccc(S(=O)(=O)NC(CC(O)CSc3nc(C)cc(C)n3)C(=O)O)cc2)cc1. The molecular formula is C24H27N3O6S2. The molecule has 0 aliphatic heterocycles. The molecule has 0 radical (unpaired) electrons. The molecule has 9 nitrogen and oxygen atoms in total. The molecule has 0 saturated heterocycles. The predicted molar refractivity (Wildman–Crippen MR) is 133 cm³/mol. The van der Waals surface area contributed by atoms with E-state index in [4.69, 9.17) is 4.74 Å². The number of methoxy groups -OCH3 is 1. The van der Waals surface area contributed by atoms with Gasteiger partial charge in [0.05, 0.1) is 18.1 Å². The first-order valence-electron chi connectivity index (χ1n) is 10.7. The second-order valence-corrected chi connectivity index (χ2v) is 10.6. The van der Waals surface area contributed by atoms with Crippen LogP contribution in [-0.4, -0.2) is 59.6 Å². The third kappa shape index (κ3) is 7.49. The van der Waals surface area contributed by atoms with Crippen molar-refractivity contribution in [1.29, 1.82) is 0 Å². The number of thioether (sulfide) groups is 1. The van der Waals surface area contributed by atoms with Crippen LogP contribution < -0.4 is 9.46 Å². The number of benzene rings is 2. The molecule has 0 bridgehead atoms. The van der Waals surface area contributed by atoms with E-state index in [0.29, 0.717) is 10.9 Å². The Balaban J connectivity index is 1.65. The molecule has 3 aromatic rings. The standard InChI is InChI=1S/C24H27N3O6S2/c1-15-12-16(2)26-24(25-15)34-14-19(28)13-22(23(29)30)27-35(31,32)21-10-6-18(7-11-21)17-4-8-20(33-3)9-5-17/h4-12,19,22,27-28H,13-14H2,1-3H3,(H,29,30). The van der Waals surface area contributed by atoms with Crippen LogP contribution in [0.3, 0.4) is 0 Å². The zero-order chi connectivity index (χ0) is 25.6. The van der Waals surface area contributed by atoms with Crippen LogP contribution in [-0.2, 0) is 14.8 Å². The van der Waals surface area contributed by atoms with Gasteiger partial charge >= 0.3 is 5.97 Å². The van der Waals surface area contributed by atoms with Crippen molar-refractivity contribution in [2.75, 3.05) is 12.9 Å². The molecule has 0 spiro atoms. The number of aliphatic hydroxyl groups is 1. The van der Waals surface area contributed by atoms with Gasteiger partial charge in [-0.15, -0.1) is 0 Å². The van der Waals surface area contributed by atoms with Crippen LogP contribution >= 0.6 is 11.8 Å². The van der Waals surface area contributed by atoms with E-state index in [1.165, 1.54) is 23.9 Å². The van der Waals surface area contributed by atoms with Crippen molar-refractivity contribution < 1.29 is 28.2 Å². The van der Waals surface area contributed by atoms with Gasteiger partial charge in [-0.3, -0.25) is 4.79 Å². The molecule has 2 atom stereocenters. The minimum absolute atomic E-state index is 0.0755. The number of aryl methyl sites for hydroxylation is 2. The highest BCUT2D eigenvalue weighted by atomic mass is 32.2. The van der Waals surface area contributed by atoms with E-state index in [1.807, 2.05) is 32.0 Å². The van der Waals surface area contributed by atoms with Crippen LogP contribution in [0.4, 0.5) is 0 Å². The van der Waals surface area contributed by atoms with Gasteiger partial charge in [0.1, 0.15) is 11.8 Å². The Morgan fingerprint density at radius 1 is 1.03 bits per heavy atom. The van der Waals surface area contributed by atoms with Crippen LogP contribution in [0.15, 0.2) is 64.6 Å². The monoisotopic (exact) mass is 517 g/mol. The van der Waals surface area contributed by atoms with Crippen molar-refractivity contribution >= 4 is 27.8 Å². The maximum atomic E-state index is 12.8. The minimum atomic E-state index is -4.13. The Morgan fingerprint density at radius 3 is 2.09 bits per heavy atom. The average Bonchev–Trinajstić information content (AvgIpc) is 2.82. The summed E-state index contributed by atoms with van der Waals surface area (Å²) in [6.07, 6.45) is -1.40. The van der Waals surface area contributed by atoms with Gasteiger partial charge in [-0.2, -0.15) is 4.72 Å². The van der Waals surface area contributed by atoms with Gasteiger partial charge in [-0.1, -0.05) is 36.0 Å². The number of nitrogens with zero attached hydrogens (tertiary/aromatic N) is 2. The molecule has 2 unspecified atom stereocenters. The fourth-order valence-corrected chi connectivity index (χ4v) is 5.43. The number of ether oxygens (including phenoxy) is 1. The number of aromatic nitrogens is 2. The number of carbonyl (C=O) groups is 1. The van der Waals surface area contributed by atoms with Crippen molar-refractivity contribution in [3.63, 3.8) is 0 Å². The molecule has 0 amide bonds. The predicted octanol–water partition coefficient (Wildman–Crippen LogP) is 3.04.